The minimum Gasteiger partial charge on any atom is -0.178 e. The van der Waals surface area contributed by atoms with Crippen molar-refractivity contribution < 1.29 is 9.05 Å². The van der Waals surface area contributed by atoms with Crippen LogP contribution in [0.5, 0.6) is 0 Å². The Kier molecular flexibility index (Phi) is 3.80. The normalized spacial score (nSPS) is 36.2. The minimum absolute atomic E-state index is 0.391. The van der Waals surface area contributed by atoms with Crippen molar-refractivity contribution >= 4 is 19.3 Å². The van der Waals surface area contributed by atoms with Gasteiger partial charge in [0.15, 0.2) is 0 Å². The van der Waals surface area contributed by atoms with E-state index in [1.165, 1.54) is 0 Å². The predicted molar refractivity (Wildman–Crippen MR) is 55.2 cm³/mol. The quantitative estimate of drug-likeness (QED) is 0.553. The molecule has 5 heteroatoms. The summed E-state index contributed by atoms with van der Waals surface area (Å²) in [4.78, 5) is 0. The first-order chi connectivity index (χ1) is 5.57. The van der Waals surface area contributed by atoms with Gasteiger partial charge in [-0.2, -0.15) is 9.05 Å². The van der Waals surface area contributed by atoms with Gasteiger partial charge in [-0.05, 0) is 12.8 Å². The molecule has 72 valence electrons. The van der Waals surface area contributed by atoms with E-state index in [9.17, 15) is 0 Å². The molecule has 2 unspecified atom stereocenters. The molecule has 0 aromatic carbocycles. The molecule has 3 nitrogen and oxygen atoms in total. The first kappa shape index (κ1) is 10.7. The van der Waals surface area contributed by atoms with Crippen molar-refractivity contribution in [1.82, 2.24) is 5.09 Å². The van der Waals surface area contributed by atoms with Crippen LogP contribution in [-0.4, -0.2) is 19.3 Å². The molecule has 0 saturated carbocycles. The zero-order chi connectivity index (χ0) is 9.19. The third-order valence-corrected chi connectivity index (χ3v) is 4.67. The van der Waals surface area contributed by atoms with Crippen molar-refractivity contribution in [2.75, 3.05) is 13.2 Å². The van der Waals surface area contributed by atoms with E-state index in [2.05, 4.69) is 31.2 Å². The van der Waals surface area contributed by atoms with Gasteiger partial charge in [0.25, 0.3) is 0 Å². The molecule has 0 amide bonds. The first-order valence-corrected chi connectivity index (χ1v) is 7.04. The topological polar surface area (TPSA) is 30.5 Å². The van der Waals surface area contributed by atoms with E-state index in [-0.39, 0.29) is 0 Å². The molecule has 1 aliphatic heterocycles. The summed E-state index contributed by atoms with van der Waals surface area (Å²) in [5, 5.41) is 3.30. The average molecular weight is 210 g/mol. The van der Waals surface area contributed by atoms with Crippen LogP contribution in [0.25, 0.3) is 0 Å². The molecule has 12 heavy (non-hydrogen) atoms. The van der Waals surface area contributed by atoms with E-state index in [4.69, 9.17) is 9.05 Å². The van der Waals surface area contributed by atoms with Crippen LogP contribution in [0.3, 0.4) is 0 Å². The van der Waals surface area contributed by atoms with E-state index >= 15 is 0 Å². The van der Waals surface area contributed by atoms with Gasteiger partial charge in [-0.25, -0.2) is 0 Å². The highest BCUT2D eigenvalue weighted by molar-refractivity contribution is 8.48. The van der Waals surface area contributed by atoms with Gasteiger partial charge in [0.1, 0.15) is 6.61 Å². The van der Waals surface area contributed by atoms with Gasteiger partial charge in [0.2, 0.25) is 0 Å². The molecular weight excluding hydrogens is 193 g/mol. The lowest BCUT2D eigenvalue weighted by Crippen LogP contribution is -2.28. The van der Waals surface area contributed by atoms with Gasteiger partial charge < -0.3 is 0 Å². The second-order valence-corrected chi connectivity index (χ2v) is 6.61. The van der Waals surface area contributed by atoms with Crippen molar-refractivity contribution in [2.45, 2.75) is 26.8 Å². The molecule has 1 heterocycles. The van der Waals surface area contributed by atoms with Crippen molar-refractivity contribution in [2.24, 2.45) is 5.92 Å². The fourth-order valence-electron chi connectivity index (χ4n) is 1.06. The molecular formula is C7H17NO2PS+. The Bertz CT molecular complexity index is 158. The monoisotopic (exact) mass is 210 g/mol. The summed E-state index contributed by atoms with van der Waals surface area (Å²) < 4.78 is 10.9. The van der Waals surface area contributed by atoms with E-state index in [0.29, 0.717) is 18.6 Å². The highest BCUT2D eigenvalue weighted by atomic mass is 32.7. The minimum atomic E-state index is -1.99. The Morgan fingerprint density at radius 1 is 1.75 bits per heavy atom. The predicted octanol–water partition coefficient (Wildman–Crippen LogP) is 2.27. The van der Waals surface area contributed by atoms with E-state index in [1.54, 1.807) is 0 Å². The molecule has 0 aliphatic carbocycles. The lowest BCUT2D eigenvalue weighted by Gasteiger charge is -2.12. The smallest absolute Gasteiger partial charge is 0.178 e. The van der Waals surface area contributed by atoms with Crippen LogP contribution >= 0.6 is 19.3 Å². The number of hydrogen-bond donors (Lipinski definition) is 2. The zero-order valence-electron chi connectivity index (χ0n) is 7.78. The van der Waals surface area contributed by atoms with Crippen molar-refractivity contribution in [3.05, 3.63) is 0 Å². The molecule has 1 saturated heterocycles. The van der Waals surface area contributed by atoms with Gasteiger partial charge >= 0.3 is 7.07 Å². The second kappa shape index (κ2) is 4.25. The SMILES string of the molecule is CCO[P+]1(S)NC(C(C)C)CO1. The third-order valence-electron chi connectivity index (χ3n) is 1.87. The summed E-state index contributed by atoms with van der Waals surface area (Å²) in [6.45, 7) is 7.64. The van der Waals surface area contributed by atoms with Gasteiger partial charge in [-0.1, -0.05) is 13.8 Å². The highest BCUT2D eigenvalue weighted by Gasteiger charge is 2.48. The summed E-state index contributed by atoms with van der Waals surface area (Å²) in [5.41, 5.74) is 0. The third kappa shape index (κ3) is 2.57. The highest BCUT2D eigenvalue weighted by Crippen LogP contribution is 2.65. The van der Waals surface area contributed by atoms with Crippen LogP contribution < -0.4 is 5.09 Å². The molecule has 0 radical (unpaired) electrons. The Morgan fingerprint density at radius 2 is 2.42 bits per heavy atom. The lowest BCUT2D eigenvalue weighted by atomic mass is 10.1. The van der Waals surface area contributed by atoms with Crippen LogP contribution in [0, 0.1) is 5.92 Å². The van der Waals surface area contributed by atoms with Crippen LogP contribution in [-0.2, 0) is 9.05 Å². The molecule has 0 spiro atoms. The van der Waals surface area contributed by atoms with Crippen LogP contribution in [0.2, 0.25) is 0 Å². The van der Waals surface area contributed by atoms with Crippen molar-refractivity contribution in [3.63, 3.8) is 0 Å². The van der Waals surface area contributed by atoms with Gasteiger partial charge in [-0.3, -0.25) is 0 Å². The Balaban J connectivity index is 2.43. The van der Waals surface area contributed by atoms with E-state index in [0.717, 1.165) is 6.61 Å². The molecule has 1 N–H and O–H groups in total. The van der Waals surface area contributed by atoms with Gasteiger partial charge in [0.05, 0.1) is 24.9 Å². The number of thiol groups is 1. The second-order valence-electron chi connectivity index (χ2n) is 3.21. The standard InChI is InChI=1S/C7H17NO2PS/c1-4-9-11(12)8-7(5-10-11)6(2)3/h6-8,12H,4-5H2,1-3H3/q+1. The maximum atomic E-state index is 5.50. The van der Waals surface area contributed by atoms with Crippen LogP contribution in [0.1, 0.15) is 20.8 Å². The zero-order valence-corrected chi connectivity index (χ0v) is 9.57. The van der Waals surface area contributed by atoms with Crippen LogP contribution in [0.15, 0.2) is 0 Å². The summed E-state index contributed by atoms with van der Waals surface area (Å²) in [6.07, 6.45) is 0. The lowest BCUT2D eigenvalue weighted by molar-refractivity contribution is 0.268. The summed E-state index contributed by atoms with van der Waals surface area (Å²) in [5.74, 6) is 0.569. The maximum Gasteiger partial charge on any atom is 0.409 e. The Morgan fingerprint density at radius 3 is 2.83 bits per heavy atom. The molecule has 2 atom stereocenters. The molecule has 0 bridgehead atoms. The van der Waals surface area contributed by atoms with Gasteiger partial charge in [-0.15, -0.1) is 5.09 Å². The molecule has 1 fully saturated rings. The number of rotatable bonds is 3. The van der Waals surface area contributed by atoms with Gasteiger partial charge in [0, 0.05) is 0 Å². The molecule has 1 rings (SSSR count). The van der Waals surface area contributed by atoms with Crippen molar-refractivity contribution in [1.29, 1.82) is 0 Å². The number of nitrogens with one attached hydrogen (secondary N) is 1. The summed E-state index contributed by atoms with van der Waals surface area (Å²) >= 11 is 4.37. The fraction of sp³-hybridized carbons (Fsp3) is 1.00. The number of hydrogen-bond acceptors (Lipinski definition) is 4. The summed E-state index contributed by atoms with van der Waals surface area (Å²) in [7, 11) is -1.99. The first-order valence-electron chi connectivity index (χ1n) is 4.26. The van der Waals surface area contributed by atoms with Crippen LogP contribution in [0.4, 0.5) is 0 Å². The largest absolute Gasteiger partial charge is 0.409 e. The summed E-state index contributed by atoms with van der Waals surface area (Å²) in [6, 6.07) is 0.391. The maximum absolute atomic E-state index is 5.50. The fourth-order valence-corrected chi connectivity index (χ4v) is 3.78. The molecule has 0 aromatic rings. The average Bonchev–Trinajstić information content (AvgIpc) is 2.33. The van der Waals surface area contributed by atoms with Crippen molar-refractivity contribution in [3.8, 4) is 0 Å². The Hall–Kier alpha value is 0.660. The Labute approximate surface area is 79.9 Å². The molecule has 0 aromatic heterocycles. The van der Waals surface area contributed by atoms with E-state index < -0.39 is 7.07 Å². The van der Waals surface area contributed by atoms with E-state index in [1.807, 2.05) is 6.92 Å². The molecule has 1 aliphatic rings.